The van der Waals surface area contributed by atoms with E-state index in [1.54, 1.807) is 11.9 Å². The molecule has 0 saturated carbocycles. The fraction of sp³-hybridized carbons (Fsp3) is 0.636. The number of nitrogens with zero attached hydrogens (tertiary/aromatic N) is 4. The monoisotopic (exact) mass is 299 g/mol. The number of thiocarbonyl (C=S) groups is 1. The van der Waals surface area contributed by atoms with Crippen molar-refractivity contribution in [3.63, 3.8) is 0 Å². The van der Waals surface area contributed by atoms with Gasteiger partial charge in [-0.1, -0.05) is 4.49 Å². The Bertz CT molecular complexity index is 487. The molecular weight excluding hydrogens is 282 g/mol. The molecule has 104 valence electrons. The normalized spacial score (nSPS) is 15.2. The summed E-state index contributed by atoms with van der Waals surface area (Å²) in [5.74, 6) is -0.0714. The van der Waals surface area contributed by atoms with Crippen molar-refractivity contribution in [3.05, 3.63) is 10.6 Å². The molecule has 0 bridgehead atoms. The molecule has 0 aliphatic carbocycles. The zero-order valence-corrected chi connectivity index (χ0v) is 12.8. The Balaban J connectivity index is 2.13. The van der Waals surface area contributed by atoms with Gasteiger partial charge in [-0.25, -0.2) is 5.01 Å². The molecule has 0 spiro atoms. The fourth-order valence-corrected chi connectivity index (χ4v) is 2.93. The number of carbonyl (C=O) groups is 1. The van der Waals surface area contributed by atoms with Crippen LogP contribution in [0.25, 0.3) is 0 Å². The first kappa shape index (κ1) is 14.1. The van der Waals surface area contributed by atoms with E-state index >= 15 is 0 Å². The highest BCUT2D eigenvalue weighted by molar-refractivity contribution is 7.80. The number of hydrogen-bond acceptors (Lipinski definition) is 5. The molecule has 0 unspecified atom stereocenters. The number of amides is 1. The van der Waals surface area contributed by atoms with Crippen LogP contribution in [0.3, 0.4) is 0 Å². The lowest BCUT2D eigenvalue weighted by molar-refractivity contribution is 0.0494. The number of nitrogens with one attached hydrogen (secondary N) is 1. The lowest BCUT2D eigenvalue weighted by Crippen LogP contribution is -2.50. The predicted octanol–water partition coefficient (Wildman–Crippen LogP) is 1.19. The average Bonchev–Trinajstić information content (AvgIpc) is 2.95. The van der Waals surface area contributed by atoms with Crippen molar-refractivity contribution in [2.75, 3.05) is 13.1 Å². The smallest absolute Gasteiger partial charge is 0.286 e. The minimum atomic E-state index is -0.0714. The summed E-state index contributed by atoms with van der Waals surface area (Å²) < 4.78 is 3.81. The van der Waals surface area contributed by atoms with Crippen LogP contribution in [-0.4, -0.2) is 49.8 Å². The van der Waals surface area contributed by atoms with Gasteiger partial charge < -0.3 is 5.32 Å². The molecule has 2 rings (SSSR count). The highest BCUT2D eigenvalue weighted by Gasteiger charge is 2.31. The number of aryl methyl sites for hydroxylation is 1. The SMILES string of the molecule is Cc1nnsc1C(=O)N1CCCN1C(=S)NC(C)C. The molecular formula is C11H17N5OS2. The minimum absolute atomic E-state index is 0.0714. The van der Waals surface area contributed by atoms with Gasteiger partial charge in [-0.2, -0.15) is 0 Å². The molecule has 8 heteroatoms. The van der Waals surface area contributed by atoms with Gasteiger partial charge in [0, 0.05) is 19.1 Å². The predicted molar refractivity (Wildman–Crippen MR) is 77.9 cm³/mol. The quantitative estimate of drug-likeness (QED) is 0.828. The lowest BCUT2D eigenvalue weighted by atomic mass is 10.3. The second-order valence-electron chi connectivity index (χ2n) is 4.70. The van der Waals surface area contributed by atoms with E-state index in [0.717, 1.165) is 24.5 Å². The van der Waals surface area contributed by atoms with Crippen molar-refractivity contribution >= 4 is 34.8 Å². The average molecular weight is 299 g/mol. The Morgan fingerprint density at radius 1 is 1.42 bits per heavy atom. The van der Waals surface area contributed by atoms with E-state index in [-0.39, 0.29) is 11.9 Å². The van der Waals surface area contributed by atoms with Crippen LogP contribution in [0.4, 0.5) is 0 Å². The van der Waals surface area contributed by atoms with Crippen molar-refractivity contribution in [1.29, 1.82) is 0 Å². The lowest BCUT2D eigenvalue weighted by Gasteiger charge is -2.30. The second-order valence-corrected chi connectivity index (χ2v) is 5.84. The zero-order chi connectivity index (χ0) is 14.0. The Morgan fingerprint density at radius 3 is 2.68 bits per heavy atom. The molecule has 1 aromatic heterocycles. The Hall–Kier alpha value is -1.28. The van der Waals surface area contributed by atoms with Crippen molar-refractivity contribution in [1.82, 2.24) is 24.9 Å². The summed E-state index contributed by atoms with van der Waals surface area (Å²) in [6.07, 6.45) is 0.914. The summed E-state index contributed by atoms with van der Waals surface area (Å²) in [6, 6.07) is 0.247. The van der Waals surface area contributed by atoms with E-state index in [1.165, 1.54) is 0 Å². The van der Waals surface area contributed by atoms with Gasteiger partial charge in [0.2, 0.25) is 0 Å². The summed E-state index contributed by atoms with van der Waals surface area (Å²) in [6.45, 7) is 7.27. The van der Waals surface area contributed by atoms with Crippen LogP contribution >= 0.6 is 23.8 Å². The molecule has 0 atom stereocenters. The maximum atomic E-state index is 12.5. The van der Waals surface area contributed by atoms with Gasteiger partial charge in [0.25, 0.3) is 5.91 Å². The Kier molecular flexibility index (Phi) is 4.31. The van der Waals surface area contributed by atoms with Gasteiger partial charge in [0.1, 0.15) is 4.88 Å². The first-order valence-electron chi connectivity index (χ1n) is 6.19. The van der Waals surface area contributed by atoms with Gasteiger partial charge >= 0.3 is 0 Å². The molecule has 19 heavy (non-hydrogen) atoms. The number of hydrogen-bond donors (Lipinski definition) is 1. The first-order valence-corrected chi connectivity index (χ1v) is 7.37. The van der Waals surface area contributed by atoms with Crippen molar-refractivity contribution in [3.8, 4) is 0 Å². The summed E-state index contributed by atoms with van der Waals surface area (Å²) in [4.78, 5) is 13.0. The highest BCUT2D eigenvalue weighted by atomic mass is 32.1. The molecule has 1 N–H and O–H groups in total. The Morgan fingerprint density at radius 2 is 2.11 bits per heavy atom. The van der Waals surface area contributed by atoms with Gasteiger partial charge in [0.05, 0.1) is 5.69 Å². The van der Waals surface area contributed by atoms with E-state index in [2.05, 4.69) is 14.9 Å². The molecule has 0 aromatic carbocycles. The molecule has 2 heterocycles. The van der Waals surface area contributed by atoms with Crippen LogP contribution < -0.4 is 5.32 Å². The molecule has 0 radical (unpaired) electrons. The minimum Gasteiger partial charge on any atom is -0.359 e. The summed E-state index contributed by atoms with van der Waals surface area (Å²) >= 11 is 6.47. The van der Waals surface area contributed by atoms with E-state index < -0.39 is 0 Å². The second kappa shape index (κ2) is 5.79. The van der Waals surface area contributed by atoms with Crippen LogP contribution in [0.2, 0.25) is 0 Å². The standard InChI is InChI=1S/C11H17N5OS2/c1-7(2)12-11(18)16-6-4-5-15(16)10(17)9-8(3)13-14-19-9/h7H,4-6H2,1-3H3,(H,12,18). The van der Waals surface area contributed by atoms with E-state index in [0.29, 0.717) is 22.2 Å². The third kappa shape index (κ3) is 3.01. The Labute approximate surface area is 121 Å². The molecule has 1 amide bonds. The number of aromatic nitrogens is 2. The van der Waals surface area contributed by atoms with Crippen molar-refractivity contribution < 1.29 is 4.79 Å². The van der Waals surface area contributed by atoms with Crippen molar-refractivity contribution in [2.24, 2.45) is 0 Å². The van der Waals surface area contributed by atoms with Crippen LogP contribution in [0.15, 0.2) is 0 Å². The molecule has 1 saturated heterocycles. The largest absolute Gasteiger partial charge is 0.359 e. The van der Waals surface area contributed by atoms with E-state index in [4.69, 9.17) is 12.2 Å². The highest BCUT2D eigenvalue weighted by Crippen LogP contribution is 2.18. The third-order valence-corrected chi connectivity index (χ3v) is 3.90. The van der Waals surface area contributed by atoms with Gasteiger partial charge in [-0.05, 0) is 50.9 Å². The topological polar surface area (TPSA) is 61.4 Å². The van der Waals surface area contributed by atoms with Crippen LogP contribution in [0.5, 0.6) is 0 Å². The van der Waals surface area contributed by atoms with Crippen LogP contribution in [0.1, 0.15) is 35.6 Å². The summed E-state index contributed by atoms with van der Waals surface area (Å²) in [5.41, 5.74) is 0.671. The fourth-order valence-electron chi connectivity index (χ4n) is 1.90. The molecule has 6 nitrogen and oxygen atoms in total. The first-order chi connectivity index (χ1) is 9.00. The van der Waals surface area contributed by atoms with Gasteiger partial charge in [-0.15, -0.1) is 5.10 Å². The number of rotatable bonds is 2. The van der Waals surface area contributed by atoms with E-state index in [9.17, 15) is 4.79 Å². The summed E-state index contributed by atoms with van der Waals surface area (Å²) in [7, 11) is 0. The maximum Gasteiger partial charge on any atom is 0.286 e. The number of carbonyl (C=O) groups excluding carboxylic acids is 1. The van der Waals surface area contributed by atoms with Crippen LogP contribution in [-0.2, 0) is 0 Å². The maximum absolute atomic E-state index is 12.5. The molecule has 1 aliphatic rings. The van der Waals surface area contributed by atoms with Gasteiger partial charge in [0.15, 0.2) is 5.11 Å². The third-order valence-electron chi connectivity index (χ3n) is 2.76. The van der Waals surface area contributed by atoms with Crippen LogP contribution in [0, 0.1) is 6.92 Å². The molecule has 1 fully saturated rings. The van der Waals surface area contributed by atoms with Gasteiger partial charge in [-0.3, -0.25) is 9.80 Å². The number of hydrazine groups is 1. The van der Waals surface area contributed by atoms with Crippen molar-refractivity contribution in [2.45, 2.75) is 33.2 Å². The zero-order valence-electron chi connectivity index (χ0n) is 11.2. The molecule has 1 aliphatic heterocycles. The molecule has 1 aromatic rings. The van der Waals surface area contributed by atoms with E-state index in [1.807, 2.05) is 18.9 Å². The summed E-state index contributed by atoms with van der Waals surface area (Å²) in [5, 5.41) is 11.2.